The number of hydrogen-bond donors (Lipinski definition) is 1. The second kappa shape index (κ2) is 6.43. The minimum Gasteiger partial charge on any atom is -0.478 e. The third-order valence-electron chi connectivity index (χ3n) is 3.74. The lowest BCUT2D eigenvalue weighted by Gasteiger charge is -2.33. The lowest BCUT2D eigenvalue weighted by atomic mass is 9.97. The van der Waals surface area contributed by atoms with Crippen molar-refractivity contribution in [1.82, 2.24) is 9.80 Å². The molecule has 0 aromatic heterocycles. The van der Waals surface area contributed by atoms with Crippen molar-refractivity contribution in [2.24, 2.45) is 0 Å². The number of nitrogens with zero attached hydrogens (tertiary/aromatic N) is 2. The molecule has 112 valence electrons. The smallest absolute Gasteiger partial charge is 0.335 e. The molecule has 0 unspecified atom stereocenters. The third kappa shape index (κ3) is 3.24. The zero-order valence-electron chi connectivity index (χ0n) is 12.2. The van der Waals surface area contributed by atoms with Crippen LogP contribution < -0.4 is 0 Å². The molecule has 1 aromatic rings. The minimum absolute atomic E-state index is 0.0243. The quantitative estimate of drug-likeness (QED) is 0.865. The normalized spacial score (nSPS) is 13.5. The molecule has 21 heavy (non-hydrogen) atoms. The van der Waals surface area contributed by atoms with E-state index in [4.69, 9.17) is 5.11 Å². The Morgan fingerprint density at radius 1 is 1.43 bits per heavy atom. The van der Waals surface area contributed by atoms with Gasteiger partial charge in [-0.25, -0.2) is 9.59 Å². The Hall–Kier alpha value is -2.30. The number of amides is 2. The van der Waals surface area contributed by atoms with Gasteiger partial charge < -0.3 is 14.9 Å². The van der Waals surface area contributed by atoms with Crippen LogP contribution in [0.5, 0.6) is 0 Å². The fourth-order valence-electron chi connectivity index (χ4n) is 2.55. The fraction of sp³-hybridized carbons (Fsp3) is 0.375. The number of carboxylic acid groups (broad SMARTS) is 1. The summed E-state index contributed by atoms with van der Waals surface area (Å²) < 4.78 is 0. The molecule has 0 aliphatic carbocycles. The number of hydrogen-bond acceptors (Lipinski definition) is 2. The zero-order valence-corrected chi connectivity index (χ0v) is 12.2. The van der Waals surface area contributed by atoms with Crippen molar-refractivity contribution in [3.05, 3.63) is 47.5 Å². The molecule has 2 rings (SSSR count). The second-order valence-electron chi connectivity index (χ2n) is 5.07. The summed E-state index contributed by atoms with van der Waals surface area (Å²) in [6, 6.07) is 5.11. The van der Waals surface area contributed by atoms with Gasteiger partial charge in [-0.2, -0.15) is 0 Å². The monoisotopic (exact) mass is 288 g/mol. The molecule has 1 aromatic carbocycles. The molecule has 0 spiro atoms. The van der Waals surface area contributed by atoms with E-state index in [2.05, 4.69) is 6.58 Å². The first-order valence-electron chi connectivity index (χ1n) is 7.06. The first kappa shape index (κ1) is 15.1. The summed E-state index contributed by atoms with van der Waals surface area (Å²) in [7, 11) is 0. The first-order chi connectivity index (χ1) is 10.1. The van der Waals surface area contributed by atoms with Gasteiger partial charge in [0.1, 0.15) is 0 Å². The SMILES string of the molecule is C=CCN(CC)C(=O)N1CCc2ccc(C(=O)O)cc2C1. The average Bonchev–Trinajstić information content (AvgIpc) is 2.50. The summed E-state index contributed by atoms with van der Waals surface area (Å²) in [6.45, 7) is 7.87. The highest BCUT2D eigenvalue weighted by Crippen LogP contribution is 2.21. The number of aromatic carboxylic acids is 1. The first-order valence-corrected chi connectivity index (χ1v) is 7.06. The number of carboxylic acids is 1. The lowest BCUT2D eigenvalue weighted by molar-refractivity contribution is 0.0696. The summed E-state index contributed by atoms with van der Waals surface area (Å²) in [4.78, 5) is 27.0. The maximum absolute atomic E-state index is 12.4. The predicted molar refractivity (Wildman–Crippen MR) is 80.4 cm³/mol. The third-order valence-corrected chi connectivity index (χ3v) is 3.74. The van der Waals surface area contributed by atoms with E-state index in [1.165, 1.54) is 0 Å². The van der Waals surface area contributed by atoms with E-state index in [1.54, 1.807) is 28.0 Å². The van der Waals surface area contributed by atoms with Gasteiger partial charge in [0.15, 0.2) is 0 Å². The molecule has 1 aliphatic heterocycles. The van der Waals surface area contributed by atoms with Gasteiger partial charge in [0.05, 0.1) is 5.56 Å². The van der Waals surface area contributed by atoms with E-state index in [0.29, 0.717) is 26.2 Å². The van der Waals surface area contributed by atoms with Gasteiger partial charge in [0, 0.05) is 26.2 Å². The average molecular weight is 288 g/mol. The highest BCUT2D eigenvalue weighted by Gasteiger charge is 2.24. The summed E-state index contributed by atoms with van der Waals surface area (Å²) in [5.41, 5.74) is 2.31. The molecule has 2 amide bonds. The van der Waals surface area contributed by atoms with Gasteiger partial charge in [0.25, 0.3) is 0 Å². The number of urea groups is 1. The van der Waals surface area contributed by atoms with Gasteiger partial charge >= 0.3 is 12.0 Å². The van der Waals surface area contributed by atoms with E-state index in [9.17, 15) is 9.59 Å². The van der Waals surface area contributed by atoms with Crippen LogP contribution in [-0.2, 0) is 13.0 Å². The Bertz CT molecular complexity index is 569. The summed E-state index contributed by atoms with van der Waals surface area (Å²) in [6.07, 6.45) is 2.47. The maximum Gasteiger partial charge on any atom is 0.335 e. The Kier molecular flexibility index (Phi) is 4.62. The van der Waals surface area contributed by atoms with E-state index in [0.717, 1.165) is 17.5 Å². The Morgan fingerprint density at radius 2 is 2.19 bits per heavy atom. The van der Waals surface area contributed by atoms with Crippen molar-refractivity contribution < 1.29 is 14.7 Å². The number of rotatable bonds is 4. The number of carbonyl (C=O) groups is 2. The standard InChI is InChI=1S/C16H20N2O3/c1-3-8-17(4-2)16(21)18-9-7-12-5-6-13(15(19)20)10-14(12)11-18/h3,5-6,10H,1,4,7-9,11H2,2H3,(H,19,20). The van der Waals surface area contributed by atoms with Gasteiger partial charge in [-0.1, -0.05) is 12.1 Å². The van der Waals surface area contributed by atoms with Gasteiger partial charge in [-0.15, -0.1) is 6.58 Å². The summed E-state index contributed by atoms with van der Waals surface area (Å²) >= 11 is 0. The molecule has 0 fully saturated rings. The summed E-state index contributed by atoms with van der Waals surface area (Å²) in [5, 5.41) is 9.06. The fourth-order valence-corrected chi connectivity index (χ4v) is 2.55. The highest BCUT2D eigenvalue weighted by molar-refractivity contribution is 5.88. The van der Waals surface area contributed by atoms with E-state index in [1.807, 2.05) is 13.0 Å². The van der Waals surface area contributed by atoms with Crippen LogP contribution in [0.4, 0.5) is 4.79 Å². The van der Waals surface area contributed by atoms with Crippen molar-refractivity contribution in [1.29, 1.82) is 0 Å². The number of likely N-dealkylation sites (N-methyl/N-ethyl adjacent to an activating group) is 1. The van der Waals surface area contributed by atoms with E-state index < -0.39 is 5.97 Å². The molecule has 0 saturated heterocycles. The Balaban J connectivity index is 2.17. The van der Waals surface area contributed by atoms with Gasteiger partial charge in [-0.05, 0) is 36.6 Å². The number of fused-ring (bicyclic) bond motifs is 1. The molecule has 0 radical (unpaired) electrons. The summed E-state index contributed by atoms with van der Waals surface area (Å²) in [5.74, 6) is -0.942. The van der Waals surface area contributed by atoms with Crippen molar-refractivity contribution in [3.63, 3.8) is 0 Å². The van der Waals surface area contributed by atoms with Crippen molar-refractivity contribution in [3.8, 4) is 0 Å². The molecule has 1 aliphatic rings. The van der Waals surface area contributed by atoms with E-state index in [-0.39, 0.29) is 11.6 Å². The maximum atomic E-state index is 12.4. The van der Waals surface area contributed by atoms with Crippen LogP contribution in [0.3, 0.4) is 0 Å². The van der Waals surface area contributed by atoms with Crippen LogP contribution in [0, 0.1) is 0 Å². The Labute approximate surface area is 124 Å². The topological polar surface area (TPSA) is 60.9 Å². The van der Waals surface area contributed by atoms with Crippen molar-refractivity contribution >= 4 is 12.0 Å². The van der Waals surface area contributed by atoms with Crippen LogP contribution in [0.2, 0.25) is 0 Å². The van der Waals surface area contributed by atoms with Crippen LogP contribution in [0.15, 0.2) is 30.9 Å². The van der Waals surface area contributed by atoms with E-state index >= 15 is 0 Å². The van der Waals surface area contributed by atoms with Crippen molar-refractivity contribution in [2.45, 2.75) is 19.9 Å². The van der Waals surface area contributed by atoms with Crippen LogP contribution in [-0.4, -0.2) is 46.5 Å². The Morgan fingerprint density at radius 3 is 2.81 bits per heavy atom. The van der Waals surface area contributed by atoms with Crippen molar-refractivity contribution in [2.75, 3.05) is 19.6 Å². The molecule has 0 atom stereocenters. The number of carbonyl (C=O) groups excluding carboxylic acids is 1. The molecule has 5 nitrogen and oxygen atoms in total. The molecular formula is C16H20N2O3. The van der Waals surface area contributed by atoms with Gasteiger partial charge in [0.2, 0.25) is 0 Å². The van der Waals surface area contributed by atoms with Gasteiger partial charge in [-0.3, -0.25) is 0 Å². The molecule has 0 saturated carbocycles. The number of benzene rings is 1. The van der Waals surface area contributed by atoms with Crippen LogP contribution >= 0.6 is 0 Å². The van der Waals surface area contributed by atoms with Crippen LogP contribution in [0.1, 0.15) is 28.4 Å². The largest absolute Gasteiger partial charge is 0.478 e. The lowest BCUT2D eigenvalue weighted by Crippen LogP contribution is -2.45. The molecule has 1 N–H and O–H groups in total. The molecule has 5 heteroatoms. The van der Waals surface area contributed by atoms with Crippen LogP contribution in [0.25, 0.3) is 0 Å². The molecule has 1 heterocycles. The molecular weight excluding hydrogens is 268 g/mol. The second-order valence-corrected chi connectivity index (χ2v) is 5.07. The minimum atomic E-state index is -0.942. The highest BCUT2D eigenvalue weighted by atomic mass is 16.4. The zero-order chi connectivity index (χ0) is 15.4. The molecule has 0 bridgehead atoms. The predicted octanol–water partition coefficient (Wildman–Crippen LogP) is 2.37.